The monoisotopic (exact) mass is 544 g/mol. The summed E-state index contributed by atoms with van der Waals surface area (Å²) >= 11 is 0. The van der Waals surface area contributed by atoms with Gasteiger partial charge in [0.2, 0.25) is 11.8 Å². The largest absolute Gasteiger partial charge is 0.467 e. The molecule has 0 fully saturated rings. The zero-order valence-corrected chi connectivity index (χ0v) is 24.3. The highest BCUT2D eigenvalue weighted by Crippen LogP contribution is 2.20. The third kappa shape index (κ3) is 10.3. The van der Waals surface area contributed by atoms with Crippen LogP contribution in [0.4, 0.5) is 4.79 Å². The Hall–Kier alpha value is -3.56. The average molecular weight is 545 g/mol. The van der Waals surface area contributed by atoms with E-state index in [2.05, 4.69) is 20.9 Å². The number of alkyl carbamates (subject to hydrolysis) is 1. The third-order valence-electron chi connectivity index (χ3n) is 5.96. The molecular weight excluding hydrogens is 500 g/mol. The van der Waals surface area contributed by atoms with Crippen LogP contribution in [-0.4, -0.2) is 59.7 Å². The van der Waals surface area contributed by atoms with E-state index >= 15 is 0 Å². The van der Waals surface area contributed by atoms with Gasteiger partial charge in [-0.05, 0) is 57.1 Å². The summed E-state index contributed by atoms with van der Waals surface area (Å²) in [5.74, 6) is -1.41. The number of nitrogens with one attached hydrogen (secondary N) is 4. The molecule has 2 aromatic rings. The summed E-state index contributed by atoms with van der Waals surface area (Å²) in [7, 11) is 1.27. The van der Waals surface area contributed by atoms with Gasteiger partial charge in [-0.1, -0.05) is 45.9 Å². The van der Waals surface area contributed by atoms with E-state index in [1.54, 1.807) is 27.0 Å². The molecule has 0 unspecified atom stereocenters. The molecule has 0 aliphatic heterocycles. The standard InChI is InChI=1S/C29H44N4O6/c1-17(2)13-22(33-28(37)39-29(5,6)7)25(34)31-23(15-19-16-30-21-12-10-9-11-20(19)21)26(35)32-24(14-18(3)4)27(36)38-8/h9-12,16-18,22-24,30H,13-15H2,1-8H3,(H,31,34)(H,32,35)(H,33,37)/t22-,23-,24-/m0/s1. The van der Waals surface area contributed by atoms with Crippen molar-refractivity contribution in [3.8, 4) is 0 Å². The first-order valence-electron chi connectivity index (χ1n) is 13.4. The third-order valence-corrected chi connectivity index (χ3v) is 5.96. The number of aromatic amines is 1. The zero-order chi connectivity index (χ0) is 29.3. The molecule has 0 radical (unpaired) electrons. The van der Waals surface area contributed by atoms with Crippen molar-refractivity contribution < 1.29 is 28.7 Å². The molecule has 0 spiro atoms. The molecule has 0 saturated heterocycles. The number of esters is 1. The molecule has 3 amide bonds. The molecule has 10 heteroatoms. The number of amides is 3. The van der Waals surface area contributed by atoms with Gasteiger partial charge in [0.25, 0.3) is 0 Å². The highest BCUT2D eigenvalue weighted by Gasteiger charge is 2.32. The normalized spacial score (nSPS) is 14.0. The van der Waals surface area contributed by atoms with E-state index < -0.39 is 47.6 Å². The maximum atomic E-state index is 13.6. The number of hydrogen-bond acceptors (Lipinski definition) is 6. The van der Waals surface area contributed by atoms with Crippen molar-refractivity contribution in [1.29, 1.82) is 0 Å². The number of para-hydroxylation sites is 1. The van der Waals surface area contributed by atoms with Crippen LogP contribution in [0.15, 0.2) is 30.5 Å². The Morgan fingerprint density at radius 1 is 0.846 bits per heavy atom. The summed E-state index contributed by atoms with van der Waals surface area (Å²) in [6.07, 6.45) is 1.96. The maximum Gasteiger partial charge on any atom is 0.408 e. The minimum atomic E-state index is -1.02. The molecule has 1 heterocycles. The molecule has 0 aliphatic rings. The Bertz CT molecular complexity index is 1130. The first-order valence-corrected chi connectivity index (χ1v) is 13.4. The van der Waals surface area contributed by atoms with E-state index in [4.69, 9.17) is 9.47 Å². The quantitative estimate of drug-likeness (QED) is 0.300. The molecule has 216 valence electrons. The van der Waals surface area contributed by atoms with E-state index in [1.807, 2.05) is 52.0 Å². The molecule has 3 atom stereocenters. The van der Waals surface area contributed by atoms with Crippen molar-refractivity contribution in [2.75, 3.05) is 7.11 Å². The lowest BCUT2D eigenvalue weighted by Crippen LogP contribution is -2.57. The van der Waals surface area contributed by atoms with E-state index in [-0.39, 0.29) is 18.3 Å². The Balaban J connectivity index is 2.34. The number of methoxy groups -OCH3 is 1. The van der Waals surface area contributed by atoms with E-state index in [1.165, 1.54) is 7.11 Å². The van der Waals surface area contributed by atoms with Gasteiger partial charge in [-0.3, -0.25) is 9.59 Å². The summed E-state index contributed by atoms with van der Waals surface area (Å²) in [6.45, 7) is 12.9. The van der Waals surface area contributed by atoms with Crippen molar-refractivity contribution >= 4 is 34.8 Å². The molecular formula is C29H44N4O6. The fraction of sp³-hybridized carbons (Fsp3) is 0.586. The molecule has 10 nitrogen and oxygen atoms in total. The molecule has 1 aromatic heterocycles. The van der Waals surface area contributed by atoms with E-state index in [0.29, 0.717) is 12.8 Å². The predicted molar refractivity (Wildman–Crippen MR) is 150 cm³/mol. The van der Waals surface area contributed by atoms with Gasteiger partial charge in [-0.25, -0.2) is 9.59 Å². The molecule has 0 saturated carbocycles. The van der Waals surface area contributed by atoms with E-state index in [0.717, 1.165) is 16.5 Å². The minimum absolute atomic E-state index is 0.0753. The number of carbonyl (C=O) groups is 4. The molecule has 2 rings (SSSR count). The first-order chi connectivity index (χ1) is 18.2. The Kier molecular flexibility index (Phi) is 11.4. The number of carbonyl (C=O) groups excluding carboxylic acids is 4. The molecule has 1 aromatic carbocycles. The highest BCUT2D eigenvalue weighted by atomic mass is 16.6. The molecule has 0 aliphatic carbocycles. The fourth-order valence-corrected chi connectivity index (χ4v) is 4.25. The first kappa shape index (κ1) is 31.7. The van der Waals surface area contributed by atoms with Crippen LogP contribution in [0.3, 0.4) is 0 Å². The second kappa shape index (κ2) is 14.0. The second-order valence-corrected chi connectivity index (χ2v) is 11.7. The summed E-state index contributed by atoms with van der Waals surface area (Å²) in [4.78, 5) is 55.1. The van der Waals surface area contributed by atoms with Gasteiger partial charge < -0.3 is 30.4 Å². The van der Waals surface area contributed by atoms with Crippen molar-refractivity contribution in [1.82, 2.24) is 20.9 Å². The average Bonchev–Trinajstić information content (AvgIpc) is 3.23. The van der Waals surface area contributed by atoms with Gasteiger partial charge in [0.05, 0.1) is 7.11 Å². The van der Waals surface area contributed by atoms with Crippen LogP contribution in [0.25, 0.3) is 10.9 Å². The number of rotatable bonds is 12. The number of ether oxygens (including phenoxy) is 2. The Labute approximate surface area is 231 Å². The van der Waals surface area contributed by atoms with Crippen molar-refractivity contribution in [2.24, 2.45) is 11.8 Å². The molecule has 4 N–H and O–H groups in total. The van der Waals surface area contributed by atoms with Crippen LogP contribution in [0.2, 0.25) is 0 Å². The maximum absolute atomic E-state index is 13.6. The number of fused-ring (bicyclic) bond motifs is 1. The van der Waals surface area contributed by atoms with Gasteiger partial charge in [-0.15, -0.1) is 0 Å². The fourth-order valence-electron chi connectivity index (χ4n) is 4.25. The Morgan fingerprint density at radius 2 is 1.41 bits per heavy atom. The van der Waals surface area contributed by atoms with Crippen LogP contribution in [0.5, 0.6) is 0 Å². The number of aromatic nitrogens is 1. The van der Waals surface area contributed by atoms with Crippen LogP contribution in [-0.2, 0) is 30.3 Å². The van der Waals surface area contributed by atoms with E-state index in [9.17, 15) is 19.2 Å². The summed E-state index contributed by atoms with van der Waals surface area (Å²) in [6, 6.07) is 4.84. The van der Waals surface area contributed by atoms with Crippen LogP contribution in [0.1, 0.15) is 66.9 Å². The lowest BCUT2D eigenvalue weighted by Gasteiger charge is -2.27. The summed E-state index contributed by atoms with van der Waals surface area (Å²) in [5, 5.41) is 9.15. The smallest absolute Gasteiger partial charge is 0.408 e. The number of hydrogen-bond donors (Lipinski definition) is 4. The Morgan fingerprint density at radius 3 is 2.00 bits per heavy atom. The second-order valence-electron chi connectivity index (χ2n) is 11.7. The summed E-state index contributed by atoms with van der Waals surface area (Å²) in [5.41, 5.74) is 0.986. The topological polar surface area (TPSA) is 139 Å². The summed E-state index contributed by atoms with van der Waals surface area (Å²) < 4.78 is 10.2. The number of benzene rings is 1. The van der Waals surface area contributed by atoms with Gasteiger partial charge in [-0.2, -0.15) is 0 Å². The van der Waals surface area contributed by atoms with Gasteiger partial charge in [0, 0.05) is 23.5 Å². The van der Waals surface area contributed by atoms with Gasteiger partial charge >= 0.3 is 12.1 Å². The molecule has 39 heavy (non-hydrogen) atoms. The van der Waals surface area contributed by atoms with Crippen LogP contribution in [0, 0.1) is 11.8 Å². The van der Waals surface area contributed by atoms with Crippen molar-refractivity contribution in [3.63, 3.8) is 0 Å². The molecule has 0 bridgehead atoms. The van der Waals surface area contributed by atoms with Crippen molar-refractivity contribution in [3.05, 3.63) is 36.0 Å². The zero-order valence-electron chi connectivity index (χ0n) is 24.3. The number of H-pyrrole nitrogens is 1. The van der Waals surface area contributed by atoms with Gasteiger partial charge in [0.1, 0.15) is 23.7 Å². The minimum Gasteiger partial charge on any atom is -0.467 e. The van der Waals surface area contributed by atoms with Crippen LogP contribution >= 0.6 is 0 Å². The SMILES string of the molecule is COC(=O)[C@H](CC(C)C)NC(=O)[C@H](Cc1c[nH]c2ccccc12)NC(=O)[C@H](CC(C)C)NC(=O)OC(C)(C)C. The van der Waals surface area contributed by atoms with Crippen molar-refractivity contribution in [2.45, 2.75) is 91.5 Å². The lowest BCUT2D eigenvalue weighted by atomic mass is 10.00. The lowest BCUT2D eigenvalue weighted by molar-refractivity contribution is -0.145. The van der Waals surface area contributed by atoms with Gasteiger partial charge in [0.15, 0.2) is 0 Å². The van der Waals surface area contributed by atoms with Crippen LogP contribution < -0.4 is 16.0 Å². The predicted octanol–water partition coefficient (Wildman–Crippen LogP) is 3.84. The highest BCUT2D eigenvalue weighted by molar-refractivity contribution is 5.94.